The van der Waals surface area contributed by atoms with E-state index in [1.807, 2.05) is 42.5 Å². The summed E-state index contributed by atoms with van der Waals surface area (Å²) >= 11 is 0. The summed E-state index contributed by atoms with van der Waals surface area (Å²) in [5, 5.41) is 5.09. The van der Waals surface area contributed by atoms with Gasteiger partial charge in [0.15, 0.2) is 0 Å². The number of carbonyl (C=O) groups excluding carboxylic acids is 2. The molecule has 0 aromatic heterocycles. The molecule has 3 aromatic carbocycles. The summed E-state index contributed by atoms with van der Waals surface area (Å²) in [4.78, 5) is 26.3. The molecule has 0 aliphatic carbocycles. The van der Waals surface area contributed by atoms with Gasteiger partial charge in [0.1, 0.15) is 5.82 Å². The second-order valence-electron chi connectivity index (χ2n) is 6.77. The van der Waals surface area contributed by atoms with Crippen molar-refractivity contribution in [1.82, 2.24) is 5.32 Å². The van der Waals surface area contributed by atoms with Crippen LogP contribution in [0.3, 0.4) is 0 Å². The van der Waals surface area contributed by atoms with E-state index in [0.717, 1.165) is 16.3 Å². The lowest BCUT2D eigenvalue weighted by atomic mass is 10.0. The second-order valence-corrected chi connectivity index (χ2v) is 6.77. The number of nitrogens with zero attached hydrogens (tertiary/aromatic N) is 1. The number of nitrogens with one attached hydrogen (secondary N) is 1. The minimum atomic E-state index is -0.385. The highest BCUT2D eigenvalue weighted by atomic mass is 19.1. The van der Waals surface area contributed by atoms with Crippen LogP contribution in [-0.4, -0.2) is 24.4 Å². The lowest BCUT2D eigenvalue weighted by Crippen LogP contribution is -2.38. The van der Waals surface area contributed by atoms with Gasteiger partial charge in [-0.25, -0.2) is 4.39 Å². The first-order valence-electron chi connectivity index (χ1n) is 8.92. The highest BCUT2D eigenvalue weighted by Crippen LogP contribution is 2.23. The number of halogens is 1. The van der Waals surface area contributed by atoms with Crippen LogP contribution in [0, 0.1) is 5.82 Å². The molecule has 1 atom stereocenters. The molecule has 0 bridgehead atoms. The van der Waals surface area contributed by atoms with Crippen molar-refractivity contribution in [2.24, 2.45) is 0 Å². The average molecular weight is 362 g/mol. The molecule has 1 aliphatic heterocycles. The van der Waals surface area contributed by atoms with Crippen LogP contribution in [0.15, 0.2) is 66.7 Å². The van der Waals surface area contributed by atoms with E-state index >= 15 is 0 Å². The van der Waals surface area contributed by atoms with E-state index in [-0.39, 0.29) is 36.5 Å². The lowest BCUT2D eigenvalue weighted by Gasteiger charge is -2.17. The van der Waals surface area contributed by atoms with E-state index in [1.165, 1.54) is 17.0 Å². The van der Waals surface area contributed by atoms with E-state index in [2.05, 4.69) is 5.32 Å². The Kier molecular flexibility index (Phi) is 4.59. The van der Waals surface area contributed by atoms with Gasteiger partial charge in [0.25, 0.3) is 0 Å². The summed E-state index contributed by atoms with van der Waals surface area (Å²) in [6.07, 6.45) is 0.476. The molecular weight excluding hydrogens is 343 g/mol. The van der Waals surface area contributed by atoms with Crippen molar-refractivity contribution >= 4 is 28.3 Å². The highest BCUT2D eigenvalue weighted by Gasteiger charge is 2.31. The summed E-state index contributed by atoms with van der Waals surface area (Å²) in [6.45, 7) is 0.351. The van der Waals surface area contributed by atoms with E-state index in [9.17, 15) is 14.0 Å². The third-order valence-corrected chi connectivity index (χ3v) is 4.84. The lowest BCUT2D eigenvalue weighted by molar-refractivity contribution is -0.121. The Morgan fingerprint density at radius 2 is 1.85 bits per heavy atom. The fourth-order valence-corrected chi connectivity index (χ4v) is 3.60. The van der Waals surface area contributed by atoms with Crippen molar-refractivity contribution in [3.63, 3.8) is 0 Å². The first kappa shape index (κ1) is 17.2. The molecule has 1 aliphatic rings. The Labute approximate surface area is 156 Å². The molecule has 5 heteroatoms. The first-order valence-corrected chi connectivity index (χ1v) is 8.92. The van der Waals surface area contributed by atoms with Gasteiger partial charge in [-0.15, -0.1) is 0 Å². The Morgan fingerprint density at radius 1 is 1.07 bits per heavy atom. The largest absolute Gasteiger partial charge is 0.351 e. The number of anilines is 1. The van der Waals surface area contributed by atoms with Gasteiger partial charge in [0.05, 0.1) is 12.5 Å². The molecule has 4 rings (SSSR count). The smallest absolute Gasteiger partial charge is 0.229 e. The number of carbonyl (C=O) groups is 2. The molecule has 1 fully saturated rings. The van der Waals surface area contributed by atoms with Crippen LogP contribution in [0.1, 0.15) is 12.0 Å². The molecule has 0 saturated carbocycles. The molecule has 1 N–H and O–H groups in total. The van der Waals surface area contributed by atoms with Gasteiger partial charge >= 0.3 is 0 Å². The summed E-state index contributed by atoms with van der Waals surface area (Å²) in [7, 11) is 0. The minimum absolute atomic E-state index is 0.115. The van der Waals surface area contributed by atoms with Crippen LogP contribution in [0.5, 0.6) is 0 Å². The zero-order valence-corrected chi connectivity index (χ0v) is 14.7. The summed E-state index contributed by atoms with van der Waals surface area (Å²) in [6, 6.07) is 19.5. The molecule has 3 aromatic rings. The van der Waals surface area contributed by atoms with Gasteiger partial charge in [0, 0.05) is 18.7 Å². The minimum Gasteiger partial charge on any atom is -0.351 e. The average Bonchev–Trinajstić information content (AvgIpc) is 3.02. The summed E-state index contributed by atoms with van der Waals surface area (Å²) in [5.41, 5.74) is 1.47. The zero-order chi connectivity index (χ0) is 18.8. The quantitative estimate of drug-likeness (QED) is 0.773. The van der Waals surface area contributed by atoms with Crippen LogP contribution in [-0.2, 0) is 16.0 Å². The summed E-state index contributed by atoms with van der Waals surface area (Å²) in [5.74, 6) is -0.620. The predicted molar refractivity (Wildman–Crippen MR) is 103 cm³/mol. The maximum absolute atomic E-state index is 13.4. The van der Waals surface area contributed by atoms with Crippen LogP contribution in [0.4, 0.5) is 10.1 Å². The third-order valence-electron chi connectivity index (χ3n) is 4.84. The summed E-state index contributed by atoms with van der Waals surface area (Å²) < 4.78 is 13.4. The molecule has 2 amide bonds. The second kappa shape index (κ2) is 7.19. The van der Waals surface area contributed by atoms with E-state index in [4.69, 9.17) is 0 Å². The maximum atomic E-state index is 13.4. The molecule has 0 unspecified atom stereocenters. The van der Waals surface area contributed by atoms with E-state index in [0.29, 0.717) is 12.2 Å². The topological polar surface area (TPSA) is 49.4 Å². The molecule has 136 valence electrons. The van der Waals surface area contributed by atoms with E-state index in [1.54, 1.807) is 12.1 Å². The number of amides is 2. The van der Waals surface area contributed by atoms with Crippen molar-refractivity contribution in [3.8, 4) is 0 Å². The Bertz CT molecular complexity index is 1010. The number of benzene rings is 3. The number of fused-ring (bicyclic) bond motifs is 1. The number of rotatable bonds is 4. The van der Waals surface area contributed by atoms with Crippen molar-refractivity contribution in [3.05, 3.63) is 78.1 Å². The molecule has 0 radical (unpaired) electrons. The molecule has 1 saturated heterocycles. The van der Waals surface area contributed by atoms with Gasteiger partial charge < -0.3 is 10.2 Å². The van der Waals surface area contributed by atoms with Gasteiger partial charge in [0.2, 0.25) is 11.8 Å². The normalized spacial score (nSPS) is 16.7. The standard InChI is InChI=1S/C22H19FN2O2/c23-17-8-4-9-19(12-17)25-14-18(13-22(25)27)24-21(26)11-16-7-3-6-15-5-1-2-10-20(15)16/h1-10,12,18H,11,13-14H2,(H,24,26)/t18-/m1/s1. The van der Waals surface area contributed by atoms with E-state index < -0.39 is 0 Å². The molecule has 4 nitrogen and oxygen atoms in total. The number of hydrogen-bond donors (Lipinski definition) is 1. The fraction of sp³-hybridized carbons (Fsp3) is 0.182. The zero-order valence-electron chi connectivity index (χ0n) is 14.7. The van der Waals surface area contributed by atoms with Crippen molar-refractivity contribution in [2.45, 2.75) is 18.9 Å². The van der Waals surface area contributed by atoms with Gasteiger partial charge in [-0.3, -0.25) is 9.59 Å². The Morgan fingerprint density at radius 3 is 2.70 bits per heavy atom. The maximum Gasteiger partial charge on any atom is 0.229 e. The monoisotopic (exact) mass is 362 g/mol. The van der Waals surface area contributed by atoms with Crippen molar-refractivity contribution in [2.75, 3.05) is 11.4 Å². The molecule has 27 heavy (non-hydrogen) atoms. The van der Waals surface area contributed by atoms with Crippen LogP contribution >= 0.6 is 0 Å². The van der Waals surface area contributed by atoms with Crippen molar-refractivity contribution < 1.29 is 14.0 Å². The Balaban J connectivity index is 1.44. The third kappa shape index (κ3) is 3.67. The van der Waals surface area contributed by atoms with Gasteiger partial charge in [-0.05, 0) is 34.5 Å². The SMILES string of the molecule is O=C(Cc1cccc2ccccc12)N[C@@H]1CC(=O)N(c2cccc(F)c2)C1. The first-order chi connectivity index (χ1) is 13.1. The predicted octanol–water partition coefficient (Wildman–Crippen LogP) is 3.44. The van der Waals surface area contributed by atoms with Crippen molar-refractivity contribution in [1.29, 1.82) is 0 Å². The van der Waals surface area contributed by atoms with Crippen LogP contribution in [0.25, 0.3) is 10.8 Å². The Hall–Kier alpha value is -3.21. The molecule has 1 heterocycles. The highest BCUT2D eigenvalue weighted by molar-refractivity contribution is 5.97. The van der Waals surface area contributed by atoms with Gasteiger partial charge in [-0.2, -0.15) is 0 Å². The molecule has 0 spiro atoms. The molecular formula is C22H19FN2O2. The number of hydrogen-bond acceptors (Lipinski definition) is 2. The fourth-order valence-electron chi connectivity index (χ4n) is 3.60. The van der Waals surface area contributed by atoms with Gasteiger partial charge in [-0.1, -0.05) is 48.5 Å². The van der Waals surface area contributed by atoms with Crippen LogP contribution < -0.4 is 10.2 Å². The van der Waals surface area contributed by atoms with Crippen LogP contribution in [0.2, 0.25) is 0 Å².